The number of aromatic nitrogens is 2. The molecule has 0 fully saturated rings. The van der Waals surface area contributed by atoms with E-state index in [0.29, 0.717) is 17.7 Å². The Kier molecular flexibility index (Phi) is 4.69. The van der Waals surface area contributed by atoms with E-state index in [1.807, 2.05) is 0 Å². The lowest BCUT2D eigenvalue weighted by molar-refractivity contribution is 0.0950. The van der Waals surface area contributed by atoms with Crippen LogP contribution in [0.1, 0.15) is 21.6 Å². The molecule has 2 aromatic rings. The minimum atomic E-state index is -0.447. The smallest absolute Gasteiger partial charge is 0.252 e. The number of hydrogen-bond donors (Lipinski definition) is 2. The van der Waals surface area contributed by atoms with E-state index in [9.17, 15) is 9.18 Å². The molecule has 0 radical (unpaired) electrons. The maximum absolute atomic E-state index is 13.2. The van der Waals surface area contributed by atoms with Gasteiger partial charge in [0, 0.05) is 18.8 Å². The zero-order valence-corrected chi connectivity index (χ0v) is 11.6. The van der Waals surface area contributed by atoms with E-state index in [1.165, 1.54) is 18.2 Å². The van der Waals surface area contributed by atoms with Gasteiger partial charge >= 0.3 is 0 Å². The molecule has 0 aliphatic carbocycles. The van der Waals surface area contributed by atoms with Gasteiger partial charge in [-0.15, -0.1) is 0 Å². The third-order valence-electron chi connectivity index (χ3n) is 2.75. The predicted octanol–water partition coefficient (Wildman–Crippen LogP) is 0.799. The lowest BCUT2D eigenvalue weighted by Crippen LogP contribution is -2.24. The number of rotatable bonds is 3. The third kappa shape index (κ3) is 3.91. The van der Waals surface area contributed by atoms with E-state index in [4.69, 9.17) is 5.73 Å². The second-order valence-electron chi connectivity index (χ2n) is 4.36. The summed E-state index contributed by atoms with van der Waals surface area (Å²) in [6.07, 6.45) is 1.79. The summed E-state index contributed by atoms with van der Waals surface area (Å²) < 4.78 is 14.9. The summed E-state index contributed by atoms with van der Waals surface area (Å²) in [5, 5.41) is 6.89. The maximum Gasteiger partial charge on any atom is 0.252 e. The van der Waals surface area contributed by atoms with Gasteiger partial charge in [0.2, 0.25) is 0 Å². The highest BCUT2D eigenvalue weighted by molar-refractivity contribution is 5.96. The Bertz CT molecular complexity index is 712. The van der Waals surface area contributed by atoms with Gasteiger partial charge in [0.05, 0.1) is 24.3 Å². The van der Waals surface area contributed by atoms with Crippen molar-refractivity contribution in [3.8, 4) is 11.8 Å². The zero-order chi connectivity index (χ0) is 15.2. The molecule has 0 saturated heterocycles. The number of benzene rings is 1. The van der Waals surface area contributed by atoms with Crippen molar-refractivity contribution in [3.05, 3.63) is 53.1 Å². The number of hydrogen-bond acceptors (Lipinski definition) is 3. The number of carbonyl (C=O) groups excluding carboxylic acids is 1. The summed E-state index contributed by atoms with van der Waals surface area (Å²) in [7, 11) is 1.80. The van der Waals surface area contributed by atoms with E-state index in [2.05, 4.69) is 22.3 Å². The lowest BCUT2D eigenvalue weighted by atomic mass is 10.1. The predicted molar refractivity (Wildman–Crippen MR) is 76.7 cm³/mol. The summed E-state index contributed by atoms with van der Waals surface area (Å²) in [5.74, 6) is 4.54. The summed E-state index contributed by atoms with van der Waals surface area (Å²) >= 11 is 0. The Labute approximate surface area is 122 Å². The quantitative estimate of drug-likeness (QED) is 0.820. The zero-order valence-electron chi connectivity index (χ0n) is 11.6. The van der Waals surface area contributed by atoms with E-state index in [0.717, 1.165) is 5.69 Å². The number of nitrogens with one attached hydrogen (secondary N) is 1. The molecule has 1 aromatic carbocycles. The van der Waals surface area contributed by atoms with Crippen LogP contribution < -0.4 is 11.1 Å². The van der Waals surface area contributed by atoms with Crippen molar-refractivity contribution in [2.75, 3.05) is 6.54 Å². The van der Waals surface area contributed by atoms with Crippen LogP contribution in [0.15, 0.2) is 30.5 Å². The molecule has 0 aliphatic rings. The number of aryl methyl sites for hydroxylation is 1. The highest BCUT2D eigenvalue weighted by Gasteiger charge is 2.11. The van der Waals surface area contributed by atoms with Gasteiger partial charge in [-0.3, -0.25) is 9.48 Å². The highest BCUT2D eigenvalue weighted by Crippen LogP contribution is 2.10. The number of nitrogens with two attached hydrogens (primary N) is 1. The second-order valence-corrected chi connectivity index (χ2v) is 4.36. The molecule has 3 N–H and O–H groups in total. The molecule has 0 unspecified atom stereocenters. The Hall–Kier alpha value is -2.65. The molecule has 6 heteroatoms. The average molecular weight is 286 g/mol. The van der Waals surface area contributed by atoms with Gasteiger partial charge in [-0.1, -0.05) is 11.8 Å². The number of amides is 1. The van der Waals surface area contributed by atoms with E-state index in [-0.39, 0.29) is 12.5 Å². The monoisotopic (exact) mass is 286 g/mol. The second kappa shape index (κ2) is 6.68. The van der Waals surface area contributed by atoms with Crippen molar-refractivity contribution in [3.63, 3.8) is 0 Å². The van der Waals surface area contributed by atoms with Gasteiger partial charge in [-0.25, -0.2) is 4.39 Å². The Morgan fingerprint density at radius 1 is 1.48 bits per heavy atom. The van der Waals surface area contributed by atoms with Crippen molar-refractivity contribution < 1.29 is 9.18 Å². The molecule has 2 rings (SSSR count). The molecule has 21 heavy (non-hydrogen) atoms. The number of carbonyl (C=O) groups is 1. The van der Waals surface area contributed by atoms with Crippen LogP contribution in [0.3, 0.4) is 0 Å². The molecular formula is C15H15FN4O. The molecular weight excluding hydrogens is 271 g/mol. The fraction of sp³-hybridized carbons (Fsp3) is 0.200. The topological polar surface area (TPSA) is 72.9 Å². The van der Waals surface area contributed by atoms with E-state index in [1.54, 1.807) is 24.0 Å². The summed E-state index contributed by atoms with van der Waals surface area (Å²) in [5.41, 5.74) is 6.67. The van der Waals surface area contributed by atoms with Gasteiger partial charge in [0.25, 0.3) is 5.91 Å². The largest absolute Gasteiger partial charge is 0.346 e. The first-order valence-electron chi connectivity index (χ1n) is 6.35. The standard InChI is InChI=1S/C15H15FN4O/c1-20-8-6-13(19-20)10-18-15(21)14-5-4-12(16)9-11(14)3-2-7-17/h4-6,8-9H,7,10,17H2,1H3,(H,18,21). The first-order chi connectivity index (χ1) is 10.1. The molecule has 5 nitrogen and oxygen atoms in total. The van der Waals surface area contributed by atoms with Crippen LogP contribution in [0.2, 0.25) is 0 Å². The van der Waals surface area contributed by atoms with Crippen LogP contribution >= 0.6 is 0 Å². The van der Waals surface area contributed by atoms with Crippen molar-refractivity contribution in [2.24, 2.45) is 12.8 Å². The van der Waals surface area contributed by atoms with Crippen LogP contribution in [0, 0.1) is 17.7 Å². The fourth-order valence-corrected chi connectivity index (χ4v) is 1.79. The van der Waals surface area contributed by atoms with Crippen molar-refractivity contribution in [1.29, 1.82) is 0 Å². The molecule has 1 amide bonds. The molecule has 0 bridgehead atoms. The summed E-state index contributed by atoms with van der Waals surface area (Å²) in [6.45, 7) is 0.437. The van der Waals surface area contributed by atoms with Crippen LogP contribution in [-0.4, -0.2) is 22.2 Å². The third-order valence-corrected chi connectivity index (χ3v) is 2.75. The van der Waals surface area contributed by atoms with Gasteiger partial charge in [-0.2, -0.15) is 5.10 Å². The van der Waals surface area contributed by atoms with Crippen molar-refractivity contribution in [2.45, 2.75) is 6.54 Å². The molecule has 0 saturated carbocycles. The molecule has 0 atom stereocenters. The van der Waals surface area contributed by atoms with Crippen LogP contribution in [0.4, 0.5) is 4.39 Å². The SMILES string of the molecule is Cn1ccc(CNC(=O)c2ccc(F)cc2C#CCN)n1. The Morgan fingerprint density at radius 3 is 2.95 bits per heavy atom. The summed E-state index contributed by atoms with van der Waals surface area (Å²) in [6, 6.07) is 5.66. The van der Waals surface area contributed by atoms with Crippen LogP contribution in [0.5, 0.6) is 0 Å². The van der Waals surface area contributed by atoms with Gasteiger partial charge in [0.15, 0.2) is 0 Å². The van der Waals surface area contributed by atoms with Gasteiger partial charge in [-0.05, 0) is 24.3 Å². The Morgan fingerprint density at radius 2 is 2.29 bits per heavy atom. The molecule has 0 spiro atoms. The van der Waals surface area contributed by atoms with E-state index < -0.39 is 5.82 Å². The van der Waals surface area contributed by atoms with Crippen molar-refractivity contribution in [1.82, 2.24) is 15.1 Å². The van der Waals surface area contributed by atoms with Gasteiger partial charge in [0.1, 0.15) is 5.82 Å². The number of halogens is 1. The normalized spacial score (nSPS) is 9.86. The minimum absolute atomic E-state index is 0.144. The Balaban J connectivity index is 2.14. The minimum Gasteiger partial charge on any atom is -0.346 e. The molecule has 1 aromatic heterocycles. The highest BCUT2D eigenvalue weighted by atomic mass is 19.1. The molecule has 0 aliphatic heterocycles. The molecule has 1 heterocycles. The summed E-state index contributed by atoms with van der Waals surface area (Å²) in [4.78, 5) is 12.2. The van der Waals surface area contributed by atoms with E-state index >= 15 is 0 Å². The van der Waals surface area contributed by atoms with Crippen molar-refractivity contribution >= 4 is 5.91 Å². The average Bonchev–Trinajstić information content (AvgIpc) is 2.88. The van der Waals surface area contributed by atoms with Crippen LogP contribution in [0.25, 0.3) is 0 Å². The van der Waals surface area contributed by atoms with Gasteiger partial charge < -0.3 is 11.1 Å². The first-order valence-corrected chi connectivity index (χ1v) is 6.35. The number of nitrogens with zero attached hydrogens (tertiary/aromatic N) is 2. The molecule has 108 valence electrons. The first kappa shape index (κ1) is 14.8. The van der Waals surface area contributed by atoms with Crippen LogP contribution in [-0.2, 0) is 13.6 Å². The fourth-order valence-electron chi connectivity index (χ4n) is 1.79. The maximum atomic E-state index is 13.2. The lowest BCUT2D eigenvalue weighted by Gasteiger charge is -2.06.